The predicted octanol–water partition coefficient (Wildman–Crippen LogP) is -1.09. The van der Waals surface area contributed by atoms with Gasteiger partial charge in [0.1, 0.15) is 18.9 Å². The van der Waals surface area contributed by atoms with Gasteiger partial charge in [-0.2, -0.15) is 5.10 Å². The first-order valence-electron chi connectivity index (χ1n) is 5.13. The van der Waals surface area contributed by atoms with Crippen molar-refractivity contribution in [3.8, 4) is 0 Å². The maximum Gasteiger partial charge on any atom is 0.307 e. The summed E-state index contributed by atoms with van der Waals surface area (Å²) in [5.41, 5.74) is -0.179. The van der Waals surface area contributed by atoms with Crippen molar-refractivity contribution in [3.63, 3.8) is 0 Å². The number of carbonyl (C=O) groups is 1. The number of aliphatic hydroxyl groups excluding tert-OH is 1. The topological polar surface area (TPSA) is 120 Å². The van der Waals surface area contributed by atoms with Crippen LogP contribution in [0.3, 0.4) is 0 Å². The average molecular weight is 258 g/mol. The van der Waals surface area contributed by atoms with Crippen LogP contribution >= 0.6 is 0 Å². The number of hydrogen-bond acceptors (Lipinski definition) is 6. The lowest BCUT2D eigenvalue weighted by Crippen LogP contribution is -2.36. The van der Waals surface area contributed by atoms with Gasteiger partial charge < -0.3 is 15.2 Å². The average Bonchev–Trinajstić information content (AvgIpc) is 2.75. The van der Waals surface area contributed by atoms with Crippen LogP contribution in [-0.2, 0) is 16.1 Å². The molecule has 0 saturated carbocycles. The molecular formula is C9H14N4O5. The van der Waals surface area contributed by atoms with Crippen molar-refractivity contribution in [1.29, 1.82) is 0 Å². The molecule has 0 aliphatic carbocycles. The number of amides is 1. The smallest absolute Gasteiger partial charge is 0.307 e. The molecule has 1 unspecified atom stereocenters. The van der Waals surface area contributed by atoms with Crippen LogP contribution in [-0.4, -0.2) is 52.1 Å². The molecule has 0 aromatic carbocycles. The van der Waals surface area contributed by atoms with Crippen molar-refractivity contribution in [2.75, 3.05) is 20.3 Å². The number of methoxy groups -OCH3 is 1. The lowest BCUT2D eigenvalue weighted by molar-refractivity contribution is -0.385. The van der Waals surface area contributed by atoms with Gasteiger partial charge in [-0.25, -0.2) is 0 Å². The third-order valence-electron chi connectivity index (χ3n) is 2.03. The van der Waals surface area contributed by atoms with E-state index in [0.29, 0.717) is 0 Å². The van der Waals surface area contributed by atoms with Crippen LogP contribution in [0.1, 0.15) is 0 Å². The second-order valence-electron chi connectivity index (χ2n) is 3.57. The first-order valence-corrected chi connectivity index (χ1v) is 5.13. The molecule has 1 atom stereocenters. The predicted molar refractivity (Wildman–Crippen MR) is 59.8 cm³/mol. The van der Waals surface area contributed by atoms with E-state index in [1.165, 1.54) is 7.11 Å². The molecule has 2 N–H and O–H groups in total. The van der Waals surface area contributed by atoms with Crippen molar-refractivity contribution in [2.45, 2.75) is 12.6 Å². The zero-order chi connectivity index (χ0) is 13.5. The number of ether oxygens (including phenoxy) is 1. The van der Waals surface area contributed by atoms with Crippen molar-refractivity contribution in [2.24, 2.45) is 0 Å². The Bertz CT molecular complexity index is 419. The number of nitrogens with one attached hydrogen (secondary N) is 1. The van der Waals surface area contributed by atoms with Gasteiger partial charge in [-0.1, -0.05) is 0 Å². The number of nitro groups is 1. The van der Waals surface area contributed by atoms with Gasteiger partial charge in [0, 0.05) is 13.7 Å². The van der Waals surface area contributed by atoms with Gasteiger partial charge in [0.15, 0.2) is 0 Å². The summed E-state index contributed by atoms with van der Waals surface area (Å²) in [7, 11) is 1.44. The molecule has 0 fully saturated rings. The number of aliphatic hydroxyl groups is 1. The summed E-state index contributed by atoms with van der Waals surface area (Å²) in [5.74, 6) is -0.400. The lowest BCUT2D eigenvalue weighted by atomic mass is 10.4. The summed E-state index contributed by atoms with van der Waals surface area (Å²) in [4.78, 5) is 21.2. The molecule has 1 aromatic heterocycles. The maximum atomic E-state index is 11.4. The third-order valence-corrected chi connectivity index (χ3v) is 2.03. The molecule has 1 aromatic rings. The largest absolute Gasteiger partial charge is 0.389 e. The van der Waals surface area contributed by atoms with E-state index in [1.807, 2.05) is 0 Å². The number of carbonyl (C=O) groups excluding carboxylic acids is 1. The lowest BCUT2D eigenvalue weighted by Gasteiger charge is -2.10. The van der Waals surface area contributed by atoms with Crippen molar-refractivity contribution in [3.05, 3.63) is 22.5 Å². The highest BCUT2D eigenvalue weighted by Crippen LogP contribution is 2.07. The van der Waals surface area contributed by atoms with E-state index < -0.39 is 16.9 Å². The normalized spacial score (nSPS) is 12.1. The second-order valence-corrected chi connectivity index (χ2v) is 3.57. The SMILES string of the molecule is COCC(O)CNC(=O)Cn1cc([N+](=O)[O-])cn1. The van der Waals surface area contributed by atoms with E-state index in [0.717, 1.165) is 17.1 Å². The molecule has 100 valence electrons. The van der Waals surface area contributed by atoms with E-state index in [-0.39, 0.29) is 25.4 Å². The number of aromatic nitrogens is 2. The van der Waals surface area contributed by atoms with Crippen molar-refractivity contribution < 1.29 is 19.6 Å². The monoisotopic (exact) mass is 258 g/mol. The Morgan fingerprint density at radius 3 is 3.06 bits per heavy atom. The van der Waals surface area contributed by atoms with Crippen LogP contribution in [0.4, 0.5) is 5.69 Å². The molecule has 9 heteroatoms. The minimum absolute atomic E-state index is 0.0516. The summed E-state index contributed by atoms with van der Waals surface area (Å²) >= 11 is 0. The third kappa shape index (κ3) is 4.47. The van der Waals surface area contributed by atoms with E-state index in [4.69, 9.17) is 4.74 Å². The molecule has 0 radical (unpaired) electrons. The Labute approximate surface area is 103 Å². The van der Waals surface area contributed by atoms with Gasteiger partial charge >= 0.3 is 5.69 Å². The molecule has 0 bridgehead atoms. The number of rotatable bonds is 7. The fraction of sp³-hybridized carbons (Fsp3) is 0.556. The Morgan fingerprint density at radius 1 is 1.78 bits per heavy atom. The van der Waals surface area contributed by atoms with Gasteiger partial charge in [0.2, 0.25) is 5.91 Å². The highest BCUT2D eigenvalue weighted by Gasteiger charge is 2.12. The van der Waals surface area contributed by atoms with E-state index in [2.05, 4.69) is 10.4 Å². The molecule has 0 spiro atoms. The van der Waals surface area contributed by atoms with E-state index >= 15 is 0 Å². The molecule has 1 heterocycles. The van der Waals surface area contributed by atoms with Gasteiger partial charge in [-0.05, 0) is 0 Å². The fourth-order valence-electron chi connectivity index (χ4n) is 1.22. The van der Waals surface area contributed by atoms with Gasteiger partial charge in [-0.3, -0.25) is 19.6 Å². The maximum absolute atomic E-state index is 11.4. The molecule has 1 amide bonds. The summed E-state index contributed by atoms with van der Waals surface area (Å²) < 4.78 is 5.84. The molecule has 0 aliphatic rings. The van der Waals surface area contributed by atoms with Gasteiger partial charge in [0.25, 0.3) is 0 Å². The molecule has 1 rings (SSSR count). The Morgan fingerprint density at radius 2 is 2.50 bits per heavy atom. The van der Waals surface area contributed by atoms with E-state index in [9.17, 15) is 20.0 Å². The summed E-state index contributed by atoms with van der Waals surface area (Å²) in [6, 6.07) is 0. The van der Waals surface area contributed by atoms with Crippen molar-refractivity contribution >= 4 is 11.6 Å². The van der Waals surface area contributed by atoms with Gasteiger partial charge in [-0.15, -0.1) is 0 Å². The highest BCUT2D eigenvalue weighted by atomic mass is 16.6. The Kier molecular flexibility index (Phi) is 5.21. The zero-order valence-corrected chi connectivity index (χ0v) is 9.78. The van der Waals surface area contributed by atoms with Crippen LogP contribution < -0.4 is 5.32 Å². The molecule has 9 nitrogen and oxygen atoms in total. The zero-order valence-electron chi connectivity index (χ0n) is 9.78. The number of hydrogen-bond donors (Lipinski definition) is 2. The fourth-order valence-corrected chi connectivity index (χ4v) is 1.22. The molecule has 0 aliphatic heterocycles. The Balaban J connectivity index is 2.37. The van der Waals surface area contributed by atoms with Crippen molar-refractivity contribution in [1.82, 2.24) is 15.1 Å². The second kappa shape index (κ2) is 6.67. The van der Waals surface area contributed by atoms with Crippen LogP contribution in [0, 0.1) is 10.1 Å². The first-order chi connectivity index (χ1) is 8.52. The Hall–Kier alpha value is -2.00. The number of nitrogens with zero attached hydrogens (tertiary/aromatic N) is 3. The molecular weight excluding hydrogens is 244 g/mol. The summed E-state index contributed by atoms with van der Waals surface area (Å²) in [6.45, 7) is 0.0249. The highest BCUT2D eigenvalue weighted by molar-refractivity contribution is 5.75. The standard InChI is InChI=1S/C9H14N4O5/c1-18-6-8(14)3-10-9(15)5-12-4-7(2-11-12)13(16)17/h2,4,8,14H,3,5-6H2,1H3,(H,10,15). The molecule has 18 heavy (non-hydrogen) atoms. The quantitative estimate of drug-likeness (QED) is 0.474. The van der Waals surface area contributed by atoms with Crippen LogP contribution in [0.15, 0.2) is 12.4 Å². The summed E-state index contributed by atoms with van der Waals surface area (Å²) in [5, 5.41) is 25.8. The minimum Gasteiger partial charge on any atom is -0.389 e. The van der Waals surface area contributed by atoms with Crippen LogP contribution in [0.2, 0.25) is 0 Å². The van der Waals surface area contributed by atoms with Crippen LogP contribution in [0.25, 0.3) is 0 Å². The van der Waals surface area contributed by atoms with Crippen LogP contribution in [0.5, 0.6) is 0 Å². The van der Waals surface area contributed by atoms with Gasteiger partial charge in [0.05, 0.1) is 17.6 Å². The molecule has 0 saturated heterocycles. The first kappa shape index (κ1) is 14.1. The van der Waals surface area contributed by atoms with E-state index in [1.54, 1.807) is 0 Å². The summed E-state index contributed by atoms with van der Waals surface area (Å²) in [6.07, 6.45) is 1.43. The minimum atomic E-state index is -0.786.